The Bertz CT molecular complexity index is 785. The highest BCUT2D eigenvalue weighted by Crippen LogP contribution is 2.30. The first-order valence-electron chi connectivity index (χ1n) is 6.45. The van der Waals surface area contributed by atoms with Crippen LogP contribution in [0.15, 0.2) is 40.7 Å². The zero-order valence-electron chi connectivity index (χ0n) is 11.5. The van der Waals surface area contributed by atoms with E-state index in [1.807, 2.05) is 0 Å². The molecule has 0 saturated carbocycles. The fraction of sp³-hybridized carbons (Fsp3) is 0.133. The minimum absolute atomic E-state index is 0.246. The number of benzene rings is 1. The van der Waals surface area contributed by atoms with Gasteiger partial charge < -0.3 is 10.1 Å². The molecule has 0 bridgehead atoms. The van der Waals surface area contributed by atoms with Crippen molar-refractivity contribution in [3.63, 3.8) is 0 Å². The highest BCUT2D eigenvalue weighted by molar-refractivity contribution is 7.14. The van der Waals surface area contributed by atoms with Crippen molar-refractivity contribution in [2.75, 3.05) is 5.32 Å². The third kappa shape index (κ3) is 2.62. The van der Waals surface area contributed by atoms with Crippen molar-refractivity contribution in [3.05, 3.63) is 52.7 Å². The molecule has 0 radical (unpaired) electrons. The number of fused-ring (bicyclic) bond motifs is 1. The van der Waals surface area contributed by atoms with Crippen LogP contribution in [0.5, 0.6) is 0 Å². The maximum atomic E-state index is 14.1. The van der Waals surface area contributed by atoms with E-state index in [1.165, 1.54) is 24.3 Å². The third-order valence-corrected chi connectivity index (χ3v) is 3.86. The molecule has 0 aliphatic carbocycles. The molecule has 0 spiro atoms. The smallest absolute Gasteiger partial charge is 0.305 e. The number of aliphatic imine (C=N–C) groups is 1. The van der Waals surface area contributed by atoms with E-state index in [9.17, 15) is 14.0 Å². The molecule has 112 valence electrons. The van der Waals surface area contributed by atoms with Crippen LogP contribution in [0.25, 0.3) is 0 Å². The van der Waals surface area contributed by atoms with Crippen LogP contribution in [0.2, 0.25) is 0 Å². The van der Waals surface area contributed by atoms with Gasteiger partial charge in [-0.1, -0.05) is 12.1 Å². The summed E-state index contributed by atoms with van der Waals surface area (Å²) in [5, 5.41) is 4.96. The Balaban J connectivity index is 2.16. The summed E-state index contributed by atoms with van der Waals surface area (Å²) in [6.07, 6.45) is -1.34. The summed E-state index contributed by atoms with van der Waals surface area (Å²) in [5.41, 5.74) is 1.12. The van der Waals surface area contributed by atoms with Gasteiger partial charge in [-0.05, 0) is 23.6 Å². The number of carbonyl (C=O) groups excluding carboxylic acids is 2. The summed E-state index contributed by atoms with van der Waals surface area (Å²) in [6, 6.07) is 7.86. The number of hydrogen-bond acceptors (Lipinski definition) is 5. The minimum Gasteiger partial charge on any atom is -0.430 e. The number of rotatable bonds is 2. The second kappa shape index (κ2) is 5.69. The highest BCUT2D eigenvalue weighted by Gasteiger charge is 2.29. The molecule has 7 heteroatoms. The second-order valence-electron chi connectivity index (χ2n) is 4.57. The highest BCUT2D eigenvalue weighted by atomic mass is 32.1. The topological polar surface area (TPSA) is 67.8 Å². The largest absolute Gasteiger partial charge is 0.430 e. The molecule has 1 aliphatic rings. The van der Waals surface area contributed by atoms with Gasteiger partial charge in [0.1, 0.15) is 10.8 Å². The van der Waals surface area contributed by atoms with Crippen LogP contribution in [0.1, 0.15) is 18.1 Å². The molecule has 1 amide bonds. The minimum atomic E-state index is -1.34. The molecule has 2 aromatic rings. The van der Waals surface area contributed by atoms with E-state index in [1.54, 1.807) is 29.6 Å². The number of hydrogen-bond donors (Lipinski definition) is 1. The SMILES string of the molecule is CC(=O)OC1N=C(c2ccccc2F)c2ccsc2NC1=O. The maximum absolute atomic E-state index is 14.1. The molecule has 1 atom stereocenters. The number of esters is 1. The predicted molar refractivity (Wildman–Crippen MR) is 80.5 cm³/mol. The molecule has 0 fully saturated rings. The van der Waals surface area contributed by atoms with E-state index in [0.717, 1.165) is 0 Å². The van der Waals surface area contributed by atoms with Crippen LogP contribution in [-0.4, -0.2) is 23.8 Å². The van der Waals surface area contributed by atoms with Gasteiger partial charge in [-0.3, -0.25) is 9.59 Å². The first-order chi connectivity index (χ1) is 10.6. The molecule has 1 aromatic heterocycles. The number of ether oxygens (including phenoxy) is 1. The number of carbonyl (C=O) groups is 2. The number of thiophene rings is 1. The molecule has 5 nitrogen and oxygen atoms in total. The summed E-state index contributed by atoms with van der Waals surface area (Å²) in [4.78, 5) is 27.4. The lowest BCUT2D eigenvalue weighted by molar-refractivity contribution is -0.151. The summed E-state index contributed by atoms with van der Waals surface area (Å²) in [7, 11) is 0. The van der Waals surface area contributed by atoms with Gasteiger partial charge in [0.15, 0.2) is 0 Å². The fourth-order valence-electron chi connectivity index (χ4n) is 2.12. The van der Waals surface area contributed by atoms with Gasteiger partial charge in [-0.2, -0.15) is 0 Å². The average Bonchev–Trinajstić information content (AvgIpc) is 2.87. The van der Waals surface area contributed by atoms with E-state index in [2.05, 4.69) is 10.3 Å². The van der Waals surface area contributed by atoms with Gasteiger partial charge in [0, 0.05) is 18.1 Å². The summed E-state index contributed by atoms with van der Waals surface area (Å²) in [6.45, 7) is 1.19. The van der Waals surface area contributed by atoms with Crippen molar-refractivity contribution in [1.82, 2.24) is 0 Å². The van der Waals surface area contributed by atoms with Crippen LogP contribution in [-0.2, 0) is 14.3 Å². The summed E-state index contributed by atoms with van der Waals surface area (Å²) >= 11 is 1.29. The van der Waals surface area contributed by atoms with Crippen molar-refractivity contribution < 1.29 is 18.7 Å². The van der Waals surface area contributed by atoms with Crippen LogP contribution in [0.4, 0.5) is 9.39 Å². The van der Waals surface area contributed by atoms with Gasteiger partial charge in [0.2, 0.25) is 0 Å². The van der Waals surface area contributed by atoms with Crippen molar-refractivity contribution in [1.29, 1.82) is 0 Å². The molecular formula is C15H11FN2O3S. The maximum Gasteiger partial charge on any atom is 0.305 e. The zero-order valence-corrected chi connectivity index (χ0v) is 12.3. The van der Waals surface area contributed by atoms with Gasteiger partial charge in [-0.25, -0.2) is 9.38 Å². The third-order valence-electron chi connectivity index (χ3n) is 3.03. The number of nitrogens with one attached hydrogen (secondary N) is 1. The molecule has 0 saturated heterocycles. The van der Waals surface area contributed by atoms with E-state index >= 15 is 0 Å². The lowest BCUT2D eigenvalue weighted by atomic mass is 10.0. The number of nitrogens with zero attached hydrogens (tertiary/aromatic N) is 1. The lowest BCUT2D eigenvalue weighted by Gasteiger charge is -2.11. The Labute approximate surface area is 129 Å². The molecule has 1 unspecified atom stereocenters. The Hall–Kier alpha value is -2.54. The fourth-order valence-corrected chi connectivity index (χ4v) is 2.91. The van der Waals surface area contributed by atoms with E-state index in [4.69, 9.17) is 4.74 Å². The van der Waals surface area contributed by atoms with Gasteiger partial charge in [-0.15, -0.1) is 11.3 Å². The standard InChI is InChI=1S/C15H11FN2O3S/c1-8(19)21-14-13(20)18-15-10(6-7-22-15)12(17-14)9-4-2-3-5-11(9)16/h2-7,14H,1H3,(H,18,20). The summed E-state index contributed by atoms with van der Waals surface area (Å²) < 4.78 is 19.0. The van der Waals surface area contributed by atoms with Crippen LogP contribution < -0.4 is 5.32 Å². The molecule has 1 N–H and O–H groups in total. The molecule has 1 aromatic carbocycles. The van der Waals surface area contributed by atoms with Crippen LogP contribution in [0.3, 0.4) is 0 Å². The summed E-state index contributed by atoms with van der Waals surface area (Å²) in [5.74, 6) is -1.67. The Morgan fingerprint density at radius 1 is 1.32 bits per heavy atom. The monoisotopic (exact) mass is 318 g/mol. The average molecular weight is 318 g/mol. The van der Waals surface area contributed by atoms with Gasteiger partial charge in [0.05, 0.1) is 5.71 Å². The van der Waals surface area contributed by atoms with Crippen LogP contribution in [0, 0.1) is 5.82 Å². The molecule has 22 heavy (non-hydrogen) atoms. The van der Waals surface area contributed by atoms with Gasteiger partial charge in [0.25, 0.3) is 12.1 Å². The first kappa shape index (κ1) is 14.4. The molecular weight excluding hydrogens is 307 g/mol. The number of halogens is 1. The first-order valence-corrected chi connectivity index (χ1v) is 7.33. The lowest BCUT2D eigenvalue weighted by Crippen LogP contribution is -2.29. The Kier molecular flexibility index (Phi) is 3.72. The van der Waals surface area contributed by atoms with Crippen LogP contribution >= 0.6 is 11.3 Å². The molecule has 1 aliphatic heterocycles. The number of anilines is 1. The van der Waals surface area contributed by atoms with E-state index < -0.39 is 23.9 Å². The van der Waals surface area contributed by atoms with E-state index in [-0.39, 0.29) is 11.3 Å². The van der Waals surface area contributed by atoms with Crippen molar-refractivity contribution in [2.45, 2.75) is 13.2 Å². The molecule has 2 heterocycles. The predicted octanol–water partition coefficient (Wildman–Crippen LogP) is 2.57. The zero-order chi connectivity index (χ0) is 15.7. The second-order valence-corrected chi connectivity index (χ2v) is 5.49. The van der Waals surface area contributed by atoms with E-state index in [0.29, 0.717) is 10.6 Å². The van der Waals surface area contributed by atoms with Crippen molar-refractivity contribution in [2.24, 2.45) is 4.99 Å². The molecule has 3 rings (SSSR count). The quantitative estimate of drug-likeness (QED) is 0.865. The van der Waals surface area contributed by atoms with Gasteiger partial charge >= 0.3 is 5.97 Å². The Morgan fingerprint density at radius 2 is 2.09 bits per heavy atom. The van der Waals surface area contributed by atoms with Crippen molar-refractivity contribution >= 4 is 33.9 Å². The number of amides is 1. The van der Waals surface area contributed by atoms with Crippen molar-refractivity contribution in [3.8, 4) is 0 Å². The Morgan fingerprint density at radius 3 is 2.82 bits per heavy atom. The normalized spacial score (nSPS) is 17.1.